The Balaban J connectivity index is 1.99. The summed E-state index contributed by atoms with van der Waals surface area (Å²) in [5.74, 6) is 0.542. The number of benzene rings is 1. The van der Waals surface area contributed by atoms with Crippen molar-refractivity contribution in [2.24, 2.45) is 0 Å². The molecule has 0 fully saturated rings. The highest BCUT2D eigenvalue weighted by Crippen LogP contribution is 2.34. The van der Waals surface area contributed by atoms with Gasteiger partial charge in [0.05, 0.1) is 5.02 Å². The molecule has 2 aromatic heterocycles. The first kappa shape index (κ1) is 11.8. The van der Waals surface area contributed by atoms with Gasteiger partial charge in [0.25, 0.3) is 0 Å². The third kappa shape index (κ3) is 2.17. The van der Waals surface area contributed by atoms with Crippen LogP contribution >= 0.6 is 34.5 Å². The molecule has 0 N–H and O–H groups in total. The second-order valence-corrected chi connectivity index (χ2v) is 5.40. The van der Waals surface area contributed by atoms with Gasteiger partial charge in [-0.25, -0.2) is 4.98 Å². The fourth-order valence-electron chi connectivity index (χ4n) is 1.58. The zero-order chi connectivity index (χ0) is 12.5. The van der Waals surface area contributed by atoms with Gasteiger partial charge in [0.15, 0.2) is 0 Å². The van der Waals surface area contributed by atoms with Crippen molar-refractivity contribution in [3.05, 3.63) is 52.0 Å². The number of hydrogen-bond acceptors (Lipinski definition) is 3. The molecule has 2 heterocycles. The van der Waals surface area contributed by atoms with Gasteiger partial charge in [-0.2, -0.15) is 0 Å². The van der Waals surface area contributed by atoms with Crippen molar-refractivity contribution in [1.29, 1.82) is 0 Å². The maximum atomic E-state index is 6.04. The molecule has 0 saturated carbocycles. The normalized spacial score (nSPS) is 10.8. The fraction of sp³-hybridized carbons (Fsp3) is 0. The standard InChI is InChI=1S/C13H7Cl2NOS/c14-9-3-1-8(2-4-9)11-7-17-13(16-11)12-10(15)5-6-18-12/h1-7H. The molecule has 0 aliphatic carbocycles. The molecule has 3 aromatic rings. The lowest BCUT2D eigenvalue weighted by atomic mass is 10.2. The van der Waals surface area contributed by atoms with Crippen LogP contribution in [0.1, 0.15) is 0 Å². The second kappa shape index (κ2) is 4.76. The van der Waals surface area contributed by atoms with E-state index in [9.17, 15) is 0 Å². The molecule has 0 aliphatic rings. The Morgan fingerprint density at radius 2 is 1.83 bits per heavy atom. The van der Waals surface area contributed by atoms with E-state index >= 15 is 0 Å². The molecule has 1 aromatic carbocycles. The predicted molar refractivity (Wildman–Crippen MR) is 75.3 cm³/mol. The van der Waals surface area contributed by atoms with E-state index in [1.54, 1.807) is 6.26 Å². The van der Waals surface area contributed by atoms with Crippen LogP contribution in [0, 0.1) is 0 Å². The number of rotatable bonds is 2. The van der Waals surface area contributed by atoms with Crippen molar-refractivity contribution in [2.75, 3.05) is 0 Å². The zero-order valence-electron chi connectivity index (χ0n) is 9.06. The van der Waals surface area contributed by atoms with Gasteiger partial charge in [-0.3, -0.25) is 0 Å². The third-order valence-electron chi connectivity index (χ3n) is 2.46. The highest BCUT2D eigenvalue weighted by molar-refractivity contribution is 7.14. The molecule has 0 amide bonds. The van der Waals surface area contributed by atoms with Crippen LogP contribution in [0.4, 0.5) is 0 Å². The number of hydrogen-bond donors (Lipinski definition) is 0. The minimum atomic E-state index is 0.542. The molecule has 0 atom stereocenters. The summed E-state index contributed by atoms with van der Waals surface area (Å²) in [6, 6.07) is 9.28. The van der Waals surface area contributed by atoms with Crippen molar-refractivity contribution in [1.82, 2.24) is 4.98 Å². The van der Waals surface area contributed by atoms with Gasteiger partial charge in [-0.15, -0.1) is 11.3 Å². The first-order chi connectivity index (χ1) is 8.74. The van der Waals surface area contributed by atoms with Crippen molar-refractivity contribution >= 4 is 34.5 Å². The van der Waals surface area contributed by atoms with Gasteiger partial charge < -0.3 is 4.42 Å². The Hall–Kier alpha value is -1.29. The highest BCUT2D eigenvalue weighted by Gasteiger charge is 2.12. The van der Waals surface area contributed by atoms with Crippen molar-refractivity contribution < 1.29 is 4.42 Å². The lowest BCUT2D eigenvalue weighted by Gasteiger charge is -1.94. The van der Waals surface area contributed by atoms with E-state index < -0.39 is 0 Å². The molecule has 2 nitrogen and oxygen atoms in total. The average molecular weight is 296 g/mol. The zero-order valence-corrected chi connectivity index (χ0v) is 11.4. The SMILES string of the molecule is Clc1ccc(-c2coc(-c3sccc3Cl)n2)cc1. The predicted octanol–water partition coefficient (Wildman–Crippen LogP) is 5.38. The van der Waals surface area contributed by atoms with Crippen LogP contribution in [-0.2, 0) is 0 Å². The van der Waals surface area contributed by atoms with Gasteiger partial charge in [0.2, 0.25) is 5.89 Å². The smallest absolute Gasteiger partial charge is 0.238 e. The molecule has 0 bridgehead atoms. The monoisotopic (exact) mass is 295 g/mol. The first-order valence-corrected chi connectivity index (χ1v) is 6.82. The maximum absolute atomic E-state index is 6.04. The first-order valence-electron chi connectivity index (χ1n) is 5.19. The van der Waals surface area contributed by atoms with Gasteiger partial charge in [-0.05, 0) is 23.6 Å². The minimum absolute atomic E-state index is 0.542. The molecule has 90 valence electrons. The summed E-state index contributed by atoms with van der Waals surface area (Å²) in [7, 11) is 0. The van der Waals surface area contributed by atoms with Crippen molar-refractivity contribution in [3.8, 4) is 22.0 Å². The van der Waals surface area contributed by atoms with E-state index in [1.165, 1.54) is 11.3 Å². The fourth-order valence-corrected chi connectivity index (χ4v) is 2.77. The van der Waals surface area contributed by atoms with Gasteiger partial charge in [0.1, 0.15) is 16.8 Å². The van der Waals surface area contributed by atoms with E-state index in [2.05, 4.69) is 4.98 Å². The van der Waals surface area contributed by atoms with Crippen LogP contribution in [0.25, 0.3) is 22.0 Å². The Labute approximate surface area is 118 Å². The molecule has 0 saturated heterocycles. The summed E-state index contributed by atoms with van der Waals surface area (Å²) in [5.41, 5.74) is 1.73. The summed E-state index contributed by atoms with van der Waals surface area (Å²) in [5, 5.41) is 3.26. The molecule has 0 radical (unpaired) electrons. The summed E-state index contributed by atoms with van der Waals surface area (Å²) in [6.07, 6.45) is 1.62. The highest BCUT2D eigenvalue weighted by atomic mass is 35.5. The van der Waals surface area contributed by atoms with Crippen molar-refractivity contribution in [3.63, 3.8) is 0 Å². The van der Waals surface area contributed by atoms with Crippen molar-refractivity contribution in [2.45, 2.75) is 0 Å². The largest absolute Gasteiger partial charge is 0.443 e. The molecule has 0 unspecified atom stereocenters. The van der Waals surface area contributed by atoms with Crippen LogP contribution in [-0.4, -0.2) is 4.98 Å². The van der Waals surface area contributed by atoms with Crippen LogP contribution in [0.2, 0.25) is 10.0 Å². The molecular weight excluding hydrogens is 289 g/mol. The Morgan fingerprint density at radius 3 is 2.50 bits per heavy atom. The molecule has 0 aliphatic heterocycles. The lowest BCUT2D eigenvalue weighted by Crippen LogP contribution is -1.78. The van der Waals surface area contributed by atoms with E-state index in [4.69, 9.17) is 27.6 Å². The van der Waals surface area contributed by atoms with E-state index in [0.29, 0.717) is 15.9 Å². The van der Waals surface area contributed by atoms with Crippen LogP contribution in [0.5, 0.6) is 0 Å². The summed E-state index contributed by atoms with van der Waals surface area (Å²) in [6.45, 7) is 0. The van der Waals surface area contributed by atoms with E-state index in [1.807, 2.05) is 35.7 Å². The maximum Gasteiger partial charge on any atom is 0.238 e. The number of aromatic nitrogens is 1. The summed E-state index contributed by atoms with van der Waals surface area (Å²) >= 11 is 13.4. The minimum Gasteiger partial charge on any atom is -0.443 e. The summed E-state index contributed by atoms with van der Waals surface area (Å²) in [4.78, 5) is 5.27. The third-order valence-corrected chi connectivity index (χ3v) is 4.04. The molecular formula is C13H7Cl2NOS. The number of halogens is 2. The van der Waals surface area contributed by atoms with Crippen LogP contribution < -0.4 is 0 Å². The van der Waals surface area contributed by atoms with E-state index in [-0.39, 0.29) is 0 Å². The lowest BCUT2D eigenvalue weighted by molar-refractivity contribution is 0.576. The Bertz CT molecular complexity index is 672. The number of thiophene rings is 1. The number of oxazole rings is 1. The summed E-state index contributed by atoms with van der Waals surface area (Å²) < 4.78 is 5.46. The molecule has 5 heteroatoms. The second-order valence-electron chi connectivity index (χ2n) is 3.64. The van der Waals surface area contributed by atoms with Crippen LogP contribution in [0.15, 0.2) is 46.4 Å². The average Bonchev–Trinajstić information content (AvgIpc) is 2.98. The number of nitrogens with zero attached hydrogens (tertiary/aromatic N) is 1. The molecule has 3 rings (SSSR count). The van der Waals surface area contributed by atoms with Gasteiger partial charge in [-0.1, -0.05) is 35.3 Å². The van der Waals surface area contributed by atoms with E-state index in [0.717, 1.165) is 16.1 Å². The quantitative estimate of drug-likeness (QED) is 0.634. The van der Waals surface area contributed by atoms with Gasteiger partial charge >= 0.3 is 0 Å². The molecule has 18 heavy (non-hydrogen) atoms. The Morgan fingerprint density at radius 1 is 1.06 bits per heavy atom. The topological polar surface area (TPSA) is 26.0 Å². The molecule has 0 spiro atoms. The van der Waals surface area contributed by atoms with Crippen LogP contribution in [0.3, 0.4) is 0 Å². The van der Waals surface area contributed by atoms with Gasteiger partial charge in [0, 0.05) is 10.6 Å². The Kier molecular flexibility index (Phi) is 3.12.